The summed E-state index contributed by atoms with van der Waals surface area (Å²) in [5, 5.41) is 0.776. The topological polar surface area (TPSA) is 38.9 Å². The number of nitrogens with two attached hydrogens (primary N) is 1. The van der Waals surface area contributed by atoms with E-state index in [1.807, 2.05) is 0 Å². The zero-order chi connectivity index (χ0) is 12.7. The van der Waals surface area contributed by atoms with Crippen LogP contribution in [0.4, 0.5) is 9.52 Å². The fourth-order valence-electron chi connectivity index (χ4n) is 2.02. The third-order valence-electron chi connectivity index (χ3n) is 3.06. The van der Waals surface area contributed by atoms with E-state index in [1.165, 1.54) is 35.1 Å². The molecule has 1 aliphatic carbocycles. The molecule has 0 saturated heterocycles. The lowest BCUT2D eigenvalue weighted by Crippen LogP contribution is -1.92. The molecule has 2 nitrogen and oxygen atoms in total. The highest BCUT2D eigenvalue weighted by Gasteiger charge is 2.29. The van der Waals surface area contributed by atoms with Gasteiger partial charge in [0, 0.05) is 17.2 Å². The van der Waals surface area contributed by atoms with Crippen molar-refractivity contribution in [3.05, 3.63) is 45.2 Å². The highest BCUT2D eigenvalue weighted by Crippen LogP contribution is 2.43. The minimum Gasteiger partial charge on any atom is -0.375 e. The van der Waals surface area contributed by atoms with Crippen LogP contribution in [0.15, 0.2) is 18.2 Å². The van der Waals surface area contributed by atoms with Crippen molar-refractivity contribution in [3.63, 3.8) is 0 Å². The Labute approximate surface area is 114 Å². The fourth-order valence-corrected chi connectivity index (χ4v) is 3.18. The van der Waals surface area contributed by atoms with Gasteiger partial charge in [-0.3, -0.25) is 0 Å². The van der Waals surface area contributed by atoms with Crippen molar-refractivity contribution in [1.82, 2.24) is 4.98 Å². The van der Waals surface area contributed by atoms with Crippen LogP contribution in [0.5, 0.6) is 0 Å². The monoisotopic (exact) mass is 282 g/mol. The first-order valence-electron chi connectivity index (χ1n) is 5.82. The first-order chi connectivity index (χ1) is 8.63. The summed E-state index contributed by atoms with van der Waals surface area (Å²) >= 11 is 7.31. The van der Waals surface area contributed by atoms with Crippen LogP contribution < -0.4 is 5.73 Å². The number of hydrogen-bond acceptors (Lipinski definition) is 3. The SMILES string of the molecule is Nc1nc(C2CC2)c(Cc2ccc(F)c(Cl)c2)s1. The van der Waals surface area contributed by atoms with Gasteiger partial charge in [0.1, 0.15) is 5.82 Å². The maximum absolute atomic E-state index is 13.1. The van der Waals surface area contributed by atoms with Gasteiger partial charge in [-0.2, -0.15) is 0 Å². The van der Waals surface area contributed by atoms with Gasteiger partial charge in [-0.25, -0.2) is 9.37 Å². The zero-order valence-electron chi connectivity index (χ0n) is 9.62. The van der Waals surface area contributed by atoms with Crippen molar-refractivity contribution in [2.45, 2.75) is 25.2 Å². The van der Waals surface area contributed by atoms with Gasteiger partial charge in [-0.05, 0) is 30.5 Å². The Morgan fingerprint density at radius 2 is 2.22 bits per heavy atom. The highest BCUT2D eigenvalue weighted by atomic mass is 35.5. The lowest BCUT2D eigenvalue weighted by atomic mass is 10.1. The summed E-state index contributed by atoms with van der Waals surface area (Å²) in [5.41, 5.74) is 7.89. The maximum Gasteiger partial charge on any atom is 0.180 e. The average molecular weight is 283 g/mol. The van der Waals surface area contributed by atoms with Gasteiger partial charge >= 0.3 is 0 Å². The van der Waals surface area contributed by atoms with Crippen LogP contribution >= 0.6 is 22.9 Å². The van der Waals surface area contributed by atoms with Crippen molar-refractivity contribution in [3.8, 4) is 0 Å². The van der Waals surface area contributed by atoms with E-state index in [9.17, 15) is 4.39 Å². The lowest BCUT2D eigenvalue weighted by Gasteiger charge is -2.02. The lowest BCUT2D eigenvalue weighted by molar-refractivity contribution is 0.627. The molecule has 1 aromatic carbocycles. The van der Waals surface area contributed by atoms with Gasteiger partial charge in [0.15, 0.2) is 5.13 Å². The van der Waals surface area contributed by atoms with E-state index in [1.54, 1.807) is 12.1 Å². The summed E-state index contributed by atoms with van der Waals surface area (Å²) < 4.78 is 13.1. The van der Waals surface area contributed by atoms with E-state index >= 15 is 0 Å². The van der Waals surface area contributed by atoms with E-state index in [0.29, 0.717) is 11.0 Å². The summed E-state index contributed by atoms with van der Waals surface area (Å²) in [6.07, 6.45) is 3.11. The Morgan fingerprint density at radius 1 is 1.44 bits per heavy atom. The van der Waals surface area contributed by atoms with Crippen LogP contribution in [0.3, 0.4) is 0 Å². The Balaban J connectivity index is 1.89. The number of nitrogens with zero attached hydrogens (tertiary/aromatic N) is 1. The first-order valence-corrected chi connectivity index (χ1v) is 7.02. The van der Waals surface area contributed by atoms with Crippen molar-refractivity contribution in [1.29, 1.82) is 0 Å². The first kappa shape index (κ1) is 11.9. The quantitative estimate of drug-likeness (QED) is 0.924. The van der Waals surface area contributed by atoms with Crippen LogP contribution in [0, 0.1) is 5.82 Å². The second-order valence-corrected chi connectivity index (χ2v) is 6.08. The standard InChI is InChI=1S/C13H12ClFN2S/c14-9-5-7(1-4-10(9)15)6-11-12(8-2-3-8)17-13(16)18-11/h1,4-5,8H,2-3,6H2,(H2,16,17). The predicted molar refractivity (Wildman–Crippen MR) is 72.7 cm³/mol. The van der Waals surface area contributed by atoms with Gasteiger partial charge < -0.3 is 5.73 Å². The molecule has 2 aromatic rings. The molecule has 1 saturated carbocycles. The van der Waals surface area contributed by atoms with E-state index in [0.717, 1.165) is 17.7 Å². The molecule has 0 bridgehead atoms. The van der Waals surface area contributed by atoms with E-state index in [2.05, 4.69) is 4.98 Å². The number of halogens is 2. The molecule has 0 unspecified atom stereocenters. The predicted octanol–water partition coefficient (Wildman–Crippen LogP) is 3.99. The van der Waals surface area contributed by atoms with Crippen LogP contribution in [0.25, 0.3) is 0 Å². The molecule has 5 heteroatoms. The minimum absolute atomic E-state index is 0.165. The zero-order valence-corrected chi connectivity index (χ0v) is 11.2. The van der Waals surface area contributed by atoms with Crippen molar-refractivity contribution in [2.24, 2.45) is 0 Å². The number of nitrogen functional groups attached to an aromatic ring is 1. The molecule has 1 aliphatic rings. The maximum atomic E-state index is 13.1. The molecular weight excluding hydrogens is 271 g/mol. The summed E-state index contributed by atoms with van der Waals surface area (Å²) in [6.45, 7) is 0. The van der Waals surface area contributed by atoms with E-state index in [4.69, 9.17) is 17.3 Å². The molecule has 3 rings (SSSR count). The van der Waals surface area contributed by atoms with Crippen LogP contribution in [0.2, 0.25) is 5.02 Å². The number of hydrogen-bond donors (Lipinski definition) is 1. The van der Waals surface area contributed by atoms with Gasteiger partial charge in [0.05, 0.1) is 10.7 Å². The number of rotatable bonds is 3. The minimum atomic E-state index is -0.383. The van der Waals surface area contributed by atoms with E-state index < -0.39 is 0 Å². The van der Waals surface area contributed by atoms with Crippen molar-refractivity contribution >= 4 is 28.1 Å². The van der Waals surface area contributed by atoms with Gasteiger partial charge in [-0.15, -0.1) is 11.3 Å². The molecular formula is C13H12ClFN2S. The molecule has 2 N–H and O–H groups in total. The number of benzene rings is 1. The molecule has 1 heterocycles. The molecule has 18 heavy (non-hydrogen) atoms. The molecule has 0 atom stereocenters. The van der Waals surface area contributed by atoms with E-state index in [-0.39, 0.29) is 10.8 Å². The van der Waals surface area contributed by atoms with Crippen LogP contribution in [-0.2, 0) is 6.42 Å². The summed E-state index contributed by atoms with van der Waals surface area (Å²) in [5.74, 6) is 0.191. The Hall–Kier alpha value is -1.13. The molecule has 1 fully saturated rings. The normalized spacial score (nSPS) is 15.0. The van der Waals surface area contributed by atoms with Gasteiger partial charge in [0.2, 0.25) is 0 Å². The molecule has 0 spiro atoms. The second-order valence-electron chi connectivity index (χ2n) is 4.56. The van der Waals surface area contributed by atoms with Gasteiger partial charge in [-0.1, -0.05) is 17.7 Å². The Morgan fingerprint density at radius 3 is 2.89 bits per heavy atom. The van der Waals surface area contributed by atoms with Crippen molar-refractivity contribution in [2.75, 3.05) is 5.73 Å². The number of aromatic nitrogens is 1. The summed E-state index contributed by atoms with van der Waals surface area (Å²) in [7, 11) is 0. The van der Waals surface area contributed by atoms with Crippen LogP contribution in [-0.4, -0.2) is 4.98 Å². The molecule has 1 aromatic heterocycles. The smallest absolute Gasteiger partial charge is 0.180 e. The van der Waals surface area contributed by atoms with Gasteiger partial charge in [0.25, 0.3) is 0 Å². The second kappa shape index (κ2) is 4.52. The molecule has 0 amide bonds. The fraction of sp³-hybridized carbons (Fsp3) is 0.308. The summed E-state index contributed by atoms with van der Waals surface area (Å²) in [4.78, 5) is 5.58. The average Bonchev–Trinajstić information content (AvgIpc) is 3.09. The summed E-state index contributed by atoms with van der Waals surface area (Å²) in [6, 6.07) is 4.83. The molecule has 94 valence electrons. The van der Waals surface area contributed by atoms with Crippen molar-refractivity contribution < 1.29 is 4.39 Å². The highest BCUT2D eigenvalue weighted by molar-refractivity contribution is 7.15. The Bertz CT molecular complexity index is 593. The van der Waals surface area contributed by atoms with Crippen LogP contribution in [0.1, 0.15) is 34.9 Å². The third kappa shape index (κ3) is 2.35. The third-order valence-corrected chi connectivity index (χ3v) is 4.25. The largest absolute Gasteiger partial charge is 0.375 e. The number of anilines is 1. The molecule has 0 radical (unpaired) electrons. The molecule has 0 aliphatic heterocycles. The Kier molecular flexibility index (Phi) is 2.99. The number of thiazole rings is 1.